The van der Waals surface area contributed by atoms with Crippen LogP contribution in [0.2, 0.25) is 5.15 Å². The smallest absolute Gasteiger partial charge is 0.408 e. The molecule has 0 spiro atoms. The van der Waals surface area contributed by atoms with E-state index in [4.69, 9.17) is 16.3 Å². The van der Waals surface area contributed by atoms with Crippen molar-refractivity contribution in [3.63, 3.8) is 0 Å². The standard InChI is InChI=1S/C20H26ClN5O2/c1-6-13-14(11-22)16(21)24-17(15(13)12-23)26-9-7-20(5,8-10-26)25-18(27)28-19(2,3)4/h6-10H2,1-5H3,(H,25,27). The van der Waals surface area contributed by atoms with Gasteiger partial charge < -0.3 is 15.0 Å². The molecule has 8 heteroatoms. The third-order valence-corrected chi connectivity index (χ3v) is 5.06. The van der Waals surface area contributed by atoms with Crippen molar-refractivity contribution in [2.45, 2.75) is 65.0 Å². The minimum Gasteiger partial charge on any atom is -0.444 e. The van der Waals surface area contributed by atoms with Gasteiger partial charge in [0.05, 0.1) is 11.1 Å². The van der Waals surface area contributed by atoms with Crippen LogP contribution in [0.1, 0.15) is 64.2 Å². The zero-order valence-electron chi connectivity index (χ0n) is 17.0. The number of halogens is 1. The van der Waals surface area contributed by atoms with Gasteiger partial charge in [-0.2, -0.15) is 10.5 Å². The van der Waals surface area contributed by atoms with Gasteiger partial charge in [-0.15, -0.1) is 0 Å². The van der Waals surface area contributed by atoms with Crippen LogP contribution in [-0.4, -0.2) is 35.3 Å². The van der Waals surface area contributed by atoms with Crippen molar-refractivity contribution in [1.82, 2.24) is 10.3 Å². The lowest BCUT2D eigenvalue weighted by Crippen LogP contribution is -2.54. The number of piperidine rings is 1. The van der Waals surface area contributed by atoms with Crippen LogP contribution < -0.4 is 10.2 Å². The van der Waals surface area contributed by atoms with E-state index < -0.39 is 17.2 Å². The molecule has 0 aromatic carbocycles. The molecule has 1 saturated heterocycles. The van der Waals surface area contributed by atoms with Gasteiger partial charge in [0.15, 0.2) is 0 Å². The maximum absolute atomic E-state index is 12.1. The molecule has 1 aliphatic rings. The van der Waals surface area contributed by atoms with Crippen LogP contribution in [0.15, 0.2) is 0 Å². The molecular formula is C20H26ClN5O2. The van der Waals surface area contributed by atoms with Crippen LogP contribution in [0.4, 0.5) is 10.6 Å². The number of aromatic nitrogens is 1. The highest BCUT2D eigenvalue weighted by Crippen LogP contribution is 2.32. The van der Waals surface area contributed by atoms with Gasteiger partial charge in [0.1, 0.15) is 28.7 Å². The topological polar surface area (TPSA) is 102 Å². The SMILES string of the molecule is CCc1c(C#N)c(Cl)nc(N2CCC(C)(NC(=O)OC(C)(C)C)CC2)c1C#N. The number of pyridine rings is 1. The molecule has 0 atom stereocenters. The molecule has 1 aromatic rings. The molecule has 1 fully saturated rings. The zero-order valence-corrected chi connectivity index (χ0v) is 17.8. The molecule has 7 nitrogen and oxygen atoms in total. The van der Waals surface area contributed by atoms with Crippen LogP contribution in [0, 0.1) is 22.7 Å². The Bertz CT molecular complexity index is 840. The Morgan fingerprint density at radius 2 is 1.86 bits per heavy atom. The van der Waals surface area contributed by atoms with E-state index >= 15 is 0 Å². The second-order valence-corrected chi connectivity index (χ2v) is 8.56. The number of amides is 1. The van der Waals surface area contributed by atoms with Crippen molar-refractivity contribution >= 4 is 23.5 Å². The van der Waals surface area contributed by atoms with Crippen LogP contribution in [0.25, 0.3) is 0 Å². The lowest BCUT2D eigenvalue weighted by molar-refractivity contribution is 0.0448. The lowest BCUT2D eigenvalue weighted by atomic mass is 9.89. The number of carbonyl (C=O) groups is 1. The average molecular weight is 404 g/mol. The Balaban J connectivity index is 2.20. The van der Waals surface area contributed by atoms with Gasteiger partial charge in [0.25, 0.3) is 0 Å². The second-order valence-electron chi connectivity index (χ2n) is 8.21. The van der Waals surface area contributed by atoms with Crippen molar-refractivity contribution in [2.24, 2.45) is 0 Å². The first-order valence-corrected chi connectivity index (χ1v) is 9.70. The molecule has 1 amide bonds. The Morgan fingerprint density at radius 1 is 1.29 bits per heavy atom. The monoisotopic (exact) mass is 403 g/mol. The van der Waals surface area contributed by atoms with Crippen molar-refractivity contribution < 1.29 is 9.53 Å². The molecule has 0 unspecified atom stereocenters. The van der Waals surface area contributed by atoms with Crippen LogP contribution in [0.3, 0.4) is 0 Å². The Kier molecular flexibility index (Phi) is 6.41. The van der Waals surface area contributed by atoms with E-state index in [9.17, 15) is 15.3 Å². The number of hydrogen-bond donors (Lipinski definition) is 1. The van der Waals surface area contributed by atoms with Crippen LogP contribution in [0.5, 0.6) is 0 Å². The molecule has 0 saturated carbocycles. The van der Waals surface area contributed by atoms with Crippen molar-refractivity contribution in [3.05, 3.63) is 21.8 Å². The van der Waals surface area contributed by atoms with E-state index in [-0.39, 0.29) is 10.7 Å². The molecule has 150 valence electrons. The Hall–Kier alpha value is -2.51. The predicted molar refractivity (Wildman–Crippen MR) is 107 cm³/mol. The number of carbonyl (C=O) groups excluding carboxylic acids is 1. The molecule has 1 aromatic heterocycles. The summed E-state index contributed by atoms with van der Waals surface area (Å²) in [6.07, 6.45) is 1.41. The highest BCUT2D eigenvalue weighted by molar-refractivity contribution is 6.30. The number of anilines is 1. The lowest BCUT2D eigenvalue weighted by Gasteiger charge is -2.41. The molecule has 1 aliphatic heterocycles. The summed E-state index contributed by atoms with van der Waals surface area (Å²) in [5.41, 5.74) is 0.323. The maximum Gasteiger partial charge on any atom is 0.408 e. The van der Waals surface area contributed by atoms with Gasteiger partial charge in [0.2, 0.25) is 0 Å². The third-order valence-electron chi connectivity index (χ3n) is 4.78. The van der Waals surface area contributed by atoms with E-state index in [1.807, 2.05) is 45.6 Å². The van der Waals surface area contributed by atoms with E-state index in [1.165, 1.54) is 0 Å². The normalized spacial score (nSPS) is 16.1. The molecule has 28 heavy (non-hydrogen) atoms. The fourth-order valence-corrected chi connectivity index (χ4v) is 3.53. The molecule has 0 aliphatic carbocycles. The van der Waals surface area contributed by atoms with Gasteiger partial charge in [-0.25, -0.2) is 9.78 Å². The number of nitriles is 2. The van der Waals surface area contributed by atoms with Crippen LogP contribution in [-0.2, 0) is 11.2 Å². The van der Waals surface area contributed by atoms with Crippen molar-refractivity contribution in [1.29, 1.82) is 10.5 Å². The highest BCUT2D eigenvalue weighted by atomic mass is 35.5. The number of ether oxygens (including phenoxy) is 1. The minimum atomic E-state index is -0.553. The Morgan fingerprint density at radius 3 is 2.32 bits per heavy atom. The Labute approximate surface area is 171 Å². The summed E-state index contributed by atoms with van der Waals surface area (Å²) in [4.78, 5) is 18.5. The van der Waals surface area contributed by atoms with E-state index in [0.29, 0.717) is 49.3 Å². The molecule has 0 radical (unpaired) electrons. The van der Waals surface area contributed by atoms with Gasteiger partial charge in [0, 0.05) is 18.6 Å². The summed E-state index contributed by atoms with van der Waals surface area (Å²) < 4.78 is 5.36. The summed E-state index contributed by atoms with van der Waals surface area (Å²) in [6.45, 7) is 10.5. The van der Waals surface area contributed by atoms with Crippen molar-refractivity contribution in [3.8, 4) is 12.1 Å². The zero-order chi connectivity index (χ0) is 21.1. The summed E-state index contributed by atoms with van der Waals surface area (Å²) in [7, 11) is 0. The van der Waals surface area contributed by atoms with Crippen molar-refractivity contribution in [2.75, 3.05) is 18.0 Å². The largest absolute Gasteiger partial charge is 0.444 e. The first-order valence-electron chi connectivity index (χ1n) is 9.32. The fourth-order valence-electron chi connectivity index (χ4n) is 3.29. The molecule has 1 N–H and O–H groups in total. The van der Waals surface area contributed by atoms with Gasteiger partial charge in [-0.1, -0.05) is 18.5 Å². The molecule has 0 bridgehead atoms. The van der Waals surface area contributed by atoms with Gasteiger partial charge in [-0.05, 0) is 52.5 Å². The fraction of sp³-hybridized carbons (Fsp3) is 0.600. The predicted octanol–water partition coefficient (Wildman–Crippen LogP) is 3.92. The third kappa shape index (κ3) is 4.85. The van der Waals surface area contributed by atoms with E-state index in [2.05, 4.69) is 16.4 Å². The highest BCUT2D eigenvalue weighted by Gasteiger charge is 2.34. The van der Waals surface area contributed by atoms with Crippen LogP contribution >= 0.6 is 11.6 Å². The average Bonchev–Trinajstić information content (AvgIpc) is 2.59. The van der Waals surface area contributed by atoms with Gasteiger partial charge in [-0.3, -0.25) is 0 Å². The first kappa shape index (κ1) is 21.8. The first-order chi connectivity index (χ1) is 13.0. The number of hydrogen-bond acceptors (Lipinski definition) is 6. The van der Waals surface area contributed by atoms with E-state index in [1.54, 1.807) is 0 Å². The van der Waals surface area contributed by atoms with E-state index in [0.717, 1.165) is 0 Å². The molecule has 2 heterocycles. The second kappa shape index (κ2) is 8.24. The number of alkyl carbamates (subject to hydrolysis) is 1. The number of rotatable bonds is 3. The summed E-state index contributed by atoms with van der Waals surface area (Å²) >= 11 is 6.20. The van der Waals surface area contributed by atoms with Gasteiger partial charge >= 0.3 is 6.09 Å². The number of nitrogens with zero attached hydrogens (tertiary/aromatic N) is 4. The summed E-state index contributed by atoms with van der Waals surface area (Å²) in [5.74, 6) is 0.502. The maximum atomic E-state index is 12.1. The molecule has 2 rings (SSSR count). The summed E-state index contributed by atoms with van der Waals surface area (Å²) in [6, 6.07) is 4.24. The quantitative estimate of drug-likeness (QED) is 0.767. The number of nitrogens with one attached hydrogen (secondary N) is 1. The minimum absolute atomic E-state index is 0.119. The molecular weight excluding hydrogens is 378 g/mol. The summed E-state index contributed by atoms with van der Waals surface area (Å²) in [5, 5.41) is 22.1.